The highest BCUT2D eigenvalue weighted by molar-refractivity contribution is 5.85. The van der Waals surface area contributed by atoms with Crippen molar-refractivity contribution in [2.75, 3.05) is 52.4 Å². The van der Waals surface area contributed by atoms with Gasteiger partial charge in [0, 0.05) is 44.7 Å². The van der Waals surface area contributed by atoms with Gasteiger partial charge in [-0.25, -0.2) is 0 Å². The van der Waals surface area contributed by atoms with Gasteiger partial charge in [0.1, 0.15) is 0 Å². The lowest BCUT2D eigenvalue weighted by atomic mass is 9.90. The van der Waals surface area contributed by atoms with Crippen molar-refractivity contribution in [1.82, 2.24) is 9.80 Å². The van der Waals surface area contributed by atoms with E-state index in [1.807, 2.05) is 25.7 Å². The van der Waals surface area contributed by atoms with Gasteiger partial charge in [0.25, 0.3) is 0 Å². The van der Waals surface area contributed by atoms with E-state index in [4.69, 9.17) is 16.6 Å². The van der Waals surface area contributed by atoms with Crippen molar-refractivity contribution in [3.8, 4) is 0 Å². The molecule has 0 aliphatic carbocycles. The van der Waals surface area contributed by atoms with Crippen molar-refractivity contribution in [3.05, 3.63) is 0 Å². The average molecular weight is 302 g/mol. The number of nitrogens with two attached hydrogens (primary N) is 2. The number of hydrogen-bond donors (Lipinski definition) is 3. The summed E-state index contributed by atoms with van der Waals surface area (Å²) in [6.45, 7) is 9.14. The number of ketones is 1. The quantitative estimate of drug-likeness (QED) is 0.458. The number of rotatable bonds is 11. The third-order valence-electron chi connectivity index (χ3n) is 3.19. The molecule has 0 heterocycles. The summed E-state index contributed by atoms with van der Waals surface area (Å²) in [6, 6.07) is 0. The summed E-state index contributed by atoms with van der Waals surface area (Å²) in [4.78, 5) is 26.6. The van der Waals surface area contributed by atoms with Crippen molar-refractivity contribution in [1.29, 1.82) is 0 Å². The number of carbonyl (C=O) groups is 2. The van der Waals surface area contributed by atoms with Crippen molar-refractivity contribution < 1.29 is 14.7 Å². The molecule has 0 spiro atoms. The summed E-state index contributed by atoms with van der Waals surface area (Å²) >= 11 is 0. The minimum absolute atomic E-state index is 0.0408. The summed E-state index contributed by atoms with van der Waals surface area (Å²) < 4.78 is 0. The number of Topliss-reactive ketones (excluding diaryl/α,β-unsaturated/α-hetero) is 1. The monoisotopic (exact) mass is 302 g/mol. The molecule has 0 aromatic carbocycles. The molecular weight excluding hydrogens is 272 g/mol. The van der Waals surface area contributed by atoms with Crippen LogP contribution in [0.1, 0.15) is 20.8 Å². The third kappa shape index (κ3) is 9.52. The van der Waals surface area contributed by atoms with Gasteiger partial charge in [0.15, 0.2) is 5.78 Å². The first-order valence-electron chi connectivity index (χ1n) is 7.30. The van der Waals surface area contributed by atoms with Crippen LogP contribution < -0.4 is 11.5 Å². The Bertz CT molecular complexity index is 329. The first-order valence-corrected chi connectivity index (χ1v) is 7.30. The van der Waals surface area contributed by atoms with Crippen molar-refractivity contribution in [3.63, 3.8) is 0 Å². The van der Waals surface area contributed by atoms with E-state index in [2.05, 4.69) is 0 Å². The SMILES string of the molecule is CC(C)(C)C(=O)CN(CCN)CCN(CCN)CC(=O)O. The summed E-state index contributed by atoms with van der Waals surface area (Å²) in [5, 5.41) is 8.86. The fourth-order valence-electron chi connectivity index (χ4n) is 1.82. The molecule has 0 unspecified atom stereocenters. The second-order valence-corrected chi connectivity index (χ2v) is 6.20. The van der Waals surface area contributed by atoms with E-state index in [1.54, 1.807) is 4.90 Å². The Morgan fingerprint density at radius 3 is 1.67 bits per heavy atom. The zero-order chi connectivity index (χ0) is 16.5. The molecule has 0 aliphatic heterocycles. The van der Waals surface area contributed by atoms with Crippen LogP contribution in [-0.2, 0) is 9.59 Å². The number of carboxylic acids is 1. The number of carboxylic acid groups (broad SMARTS) is 1. The Balaban J connectivity index is 4.47. The van der Waals surface area contributed by atoms with Gasteiger partial charge in [-0.15, -0.1) is 0 Å². The summed E-state index contributed by atoms with van der Waals surface area (Å²) in [6.07, 6.45) is 0. The molecule has 21 heavy (non-hydrogen) atoms. The Morgan fingerprint density at radius 1 is 0.905 bits per heavy atom. The van der Waals surface area contributed by atoms with Crippen molar-refractivity contribution in [2.24, 2.45) is 16.9 Å². The van der Waals surface area contributed by atoms with E-state index in [0.29, 0.717) is 45.8 Å². The number of aliphatic carboxylic acids is 1. The normalized spacial score (nSPS) is 12.1. The Kier molecular flexibility index (Phi) is 9.36. The predicted molar refractivity (Wildman–Crippen MR) is 83.1 cm³/mol. The average Bonchev–Trinajstić information content (AvgIpc) is 2.34. The van der Waals surface area contributed by atoms with Crippen LogP contribution in [0.4, 0.5) is 0 Å². The summed E-state index contributed by atoms with van der Waals surface area (Å²) in [5.41, 5.74) is 10.7. The summed E-state index contributed by atoms with van der Waals surface area (Å²) in [5.74, 6) is -0.723. The van der Waals surface area contributed by atoms with Gasteiger partial charge in [0.05, 0.1) is 13.1 Å². The van der Waals surface area contributed by atoms with Gasteiger partial charge < -0.3 is 16.6 Å². The zero-order valence-electron chi connectivity index (χ0n) is 13.5. The molecule has 0 aromatic heterocycles. The van der Waals surface area contributed by atoms with Crippen LogP contribution in [0.5, 0.6) is 0 Å². The highest BCUT2D eigenvalue weighted by Gasteiger charge is 2.23. The largest absolute Gasteiger partial charge is 0.480 e. The van der Waals surface area contributed by atoms with Gasteiger partial charge >= 0.3 is 5.97 Å². The van der Waals surface area contributed by atoms with Crippen LogP contribution >= 0.6 is 0 Å². The van der Waals surface area contributed by atoms with E-state index in [0.717, 1.165) is 0 Å². The molecule has 0 bridgehead atoms. The molecule has 0 fully saturated rings. The molecule has 0 aliphatic rings. The molecule has 124 valence electrons. The standard InChI is InChI=1S/C14H30N4O3/c1-14(2,3)12(19)10-17(6-4-15)8-9-18(7-5-16)11-13(20)21/h4-11,15-16H2,1-3H3,(H,20,21). The summed E-state index contributed by atoms with van der Waals surface area (Å²) in [7, 11) is 0. The fourth-order valence-corrected chi connectivity index (χ4v) is 1.82. The van der Waals surface area contributed by atoms with Crippen LogP contribution in [0.25, 0.3) is 0 Å². The smallest absolute Gasteiger partial charge is 0.317 e. The molecule has 7 nitrogen and oxygen atoms in total. The lowest BCUT2D eigenvalue weighted by Crippen LogP contribution is -2.44. The maximum Gasteiger partial charge on any atom is 0.317 e. The van der Waals surface area contributed by atoms with Gasteiger partial charge in [0.2, 0.25) is 0 Å². The highest BCUT2D eigenvalue weighted by Crippen LogP contribution is 2.15. The van der Waals surface area contributed by atoms with Crippen LogP contribution in [-0.4, -0.2) is 79.0 Å². The van der Waals surface area contributed by atoms with Crippen LogP contribution in [0.2, 0.25) is 0 Å². The van der Waals surface area contributed by atoms with Gasteiger partial charge in [-0.1, -0.05) is 20.8 Å². The minimum Gasteiger partial charge on any atom is -0.480 e. The molecular formula is C14H30N4O3. The van der Waals surface area contributed by atoms with Gasteiger partial charge in [-0.2, -0.15) is 0 Å². The van der Waals surface area contributed by atoms with Gasteiger partial charge in [-0.05, 0) is 0 Å². The maximum absolute atomic E-state index is 12.1. The van der Waals surface area contributed by atoms with Crippen LogP contribution in [0, 0.1) is 5.41 Å². The first kappa shape index (κ1) is 20.0. The molecule has 0 aromatic rings. The van der Waals surface area contributed by atoms with Gasteiger partial charge in [-0.3, -0.25) is 19.4 Å². The zero-order valence-corrected chi connectivity index (χ0v) is 13.5. The topological polar surface area (TPSA) is 113 Å². The number of nitrogens with zero attached hydrogens (tertiary/aromatic N) is 2. The van der Waals surface area contributed by atoms with Crippen LogP contribution in [0.3, 0.4) is 0 Å². The Hall–Kier alpha value is -1.02. The van der Waals surface area contributed by atoms with E-state index in [-0.39, 0.29) is 17.7 Å². The molecule has 0 rings (SSSR count). The lowest BCUT2D eigenvalue weighted by Gasteiger charge is -2.28. The molecule has 0 radical (unpaired) electrons. The second-order valence-electron chi connectivity index (χ2n) is 6.20. The maximum atomic E-state index is 12.1. The second kappa shape index (κ2) is 9.83. The number of hydrogen-bond acceptors (Lipinski definition) is 6. The molecule has 5 N–H and O–H groups in total. The molecule has 7 heteroatoms. The van der Waals surface area contributed by atoms with Crippen molar-refractivity contribution in [2.45, 2.75) is 20.8 Å². The van der Waals surface area contributed by atoms with E-state index in [9.17, 15) is 9.59 Å². The van der Waals surface area contributed by atoms with Crippen LogP contribution in [0.15, 0.2) is 0 Å². The van der Waals surface area contributed by atoms with E-state index < -0.39 is 5.97 Å². The first-order chi connectivity index (χ1) is 9.70. The highest BCUT2D eigenvalue weighted by atomic mass is 16.4. The fraction of sp³-hybridized carbons (Fsp3) is 0.857. The molecule has 0 saturated heterocycles. The minimum atomic E-state index is -0.875. The lowest BCUT2D eigenvalue weighted by molar-refractivity contribution is -0.138. The molecule has 0 amide bonds. The Morgan fingerprint density at radius 2 is 1.33 bits per heavy atom. The molecule has 0 atom stereocenters. The predicted octanol–water partition coefficient (Wildman–Crippen LogP) is -0.792. The van der Waals surface area contributed by atoms with Crippen molar-refractivity contribution >= 4 is 11.8 Å². The molecule has 0 saturated carbocycles. The van der Waals surface area contributed by atoms with E-state index in [1.165, 1.54) is 0 Å². The van der Waals surface area contributed by atoms with E-state index >= 15 is 0 Å². The Labute approximate surface area is 127 Å². The number of carbonyl (C=O) groups excluding carboxylic acids is 1. The third-order valence-corrected chi connectivity index (χ3v) is 3.19.